The van der Waals surface area contributed by atoms with Crippen LogP contribution in [0.1, 0.15) is 32.3 Å². The van der Waals surface area contributed by atoms with E-state index in [1.54, 1.807) is 0 Å². The number of hydrogen-bond acceptors (Lipinski definition) is 8. The number of alkyl halides is 5. The summed E-state index contributed by atoms with van der Waals surface area (Å²) in [4.78, 5) is 39.0. The van der Waals surface area contributed by atoms with Crippen LogP contribution in [0, 0.1) is 22.0 Å². The Kier molecular flexibility index (Phi) is 7.65. The van der Waals surface area contributed by atoms with Crippen LogP contribution < -0.4 is 0 Å². The first-order valence-electron chi connectivity index (χ1n) is 9.94. The first-order chi connectivity index (χ1) is 15.6. The average molecular weight is 496 g/mol. The van der Waals surface area contributed by atoms with Crippen molar-refractivity contribution in [3.63, 3.8) is 0 Å². The molecule has 1 aromatic rings. The lowest BCUT2D eigenvalue weighted by atomic mass is 9.66. The molecule has 1 aliphatic rings. The maximum Gasteiger partial charge on any atom is 0.458 e. The number of esters is 2. The van der Waals surface area contributed by atoms with Crippen molar-refractivity contribution >= 4 is 23.3 Å². The average Bonchev–Trinajstić information content (AvgIpc) is 2.72. The second kappa shape index (κ2) is 9.60. The molecule has 4 atom stereocenters. The van der Waals surface area contributed by atoms with Gasteiger partial charge in [-0.15, -0.1) is 0 Å². The van der Waals surface area contributed by atoms with Crippen molar-refractivity contribution in [2.45, 2.75) is 44.5 Å². The molecule has 1 aromatic carbocycles. The Bertz CT molecular complexity index is 998. The Hall–Kier alpha value is -3.16. The van der Waals surface area contributed by atoms with Gasteiger partial charge >= 0.3 is 24.0 Å². The van der Waals surface area contributed by atoms with E-state index in [9.17, 15) is 46.8 Å². The van der Waals surface area contributed by atoms with Crippen LogP contribution in [-0.2, 0) is 19.1 Å². The maximum absolute atomic E-state index is 14.7. The van der Waals surface area contributed by atoms with Crippen LogP contribution in [0.15, 0.2) is 29.3 Å². The molecule has 34 heavy (non-hydrogen) atoms. The molecule has 0 amide bonds. The van der Waals surface area contributed by atoms with Crippen LogP contribution >= 0.6 is 0 Å². The molecule has 0 spiro atoms. The van der Waals surface area contributed by atoms with Gasteiger partial charge in [-0.3, -0.25) is 24.7 Å². The van der Waals surface area contributed by atoms with Crippen molar-refractivity contribution in [1.29, 1.82) is 0 Å². The molecule has 0 aliphatic carbocycles. The van der Waals surface area contributed by atoms with Crippen molar-refractivity contribution in [3.05, 3.63) is 39.9 Å². The van der Waals surface area contributed by atoms with Crippen LogP contribution in [0.25, 0.3) is 0 Å². The van der Waals surface area contributed by atoms with E-state index in [0.717, 1.165) is 31.2 Å². The SMILES string of the molecule is CCOC(=O)C1C(C)=NC(O)(C(F)(F)C(F)(F)F)C(C(=O)OCC)C1c1cccc([N+](=O)[O-])c1. The third kappa shape index (κ3) is 4.58. The summed E-state index contributed by atoms with van der Waals surface area (Å²) < 4.78 is 79.1. The smallest absolute Gasteiger partial charge is 0.458 e. The fraction of sp³-hybridized carbons (Fsp3) is 0.550. The third-order valence-corrected chi connectivity index (χ3v) is 5.31. The predicted molar refractivity (Wildman–Crippen MR) is 105 cm³/mol. The minimum Gasteiger partial charge on any atom is -0.466 e. The first kappa shape index (κ1) is 27.1. The molecular formula is C20H21F5N2O7. The number of non-ortho nitro benzene ring substituents is 1. The second-order valence-electron chi connectivity index (χ2n) is 7.39. The molecule has 0 bridgehead atoms. The molecule has 0 aromatic heterocycles. The lowest BCUT2D eigenvalue weighted by Crippen LogP contribution is -2.66. The van der Waals surface area contributed by atoms with E-state index in [2.05, 4.69) is 9.73 Å². The molecule has 0 radical (unpaired) electrons. The Morgan fingerprint density at radius 2 is 1.71 bits per heavy atom. The van der Waals surface area contributed by atoms with E-state index >= 15 is 0 Å². The van der Waals surface area contributed by atoms with Gasteiger partial charge in [0.2, 0.25) is 5.72 Å². The summed E-state index contributed by atoms with van der Waals surface area (Å²) in [6, 6.07) is 3.97. The summed E-state index contributed by atoms with van der Waals surface area (Å²) in [5.74, 6) is -15.3. The Labute approximate surface area is 189 Å². The number of ether oxygens (including phenoxy) is 2. The third-order valence-electron chi connectivity index (χ3n) is 5.31. The van der Waals surface area contributed by atoms with Crippen molar-refractivity contribution in [2.24, 2.45) is 16.8 Å². The molecule has 1 heterocycles. The molecule has 2 rings (SSSR count). The number of carbonyl (C=O) groups is 2. The van der Waals surface area contributed by atoms with Crippen LogP contribution in [0.3, 0.4) is 0 Å². The molecule has 0 fully saturated rings. The quantitative estimate of drug-likeness (QED) is 0.265. The minimum absolute atomic E-state index is 0.225. The van der Waals surface area contributed by atoms with Gasteiger partial charge in [0.05, 0.1) is 18.1 Å². The zero-order valence-electron chi connectivity index (χ0n) is 18.1. The van der Waals surface area contributed by atoms with Gasteiger partial charge in [-0.2, -0.15) is 22.0 Å². The molecule has 0 saturated heterocycles. The Morgan fingerprint density at radius 3 is 2.21 bits per heavy atom. The van der Waals surface area contributed by atoms with E-state index in [0.29, 0.717) is 0 Å². The summed E-state index contributed by atoms with van der Waals surface area (Å²) in [6.45, 7) is 2.84. The van der Waals surface area contributed by atoms with Crippen molar-refractivity contribution in [2.75, 3.05) is 13.2 Å². The highest BCUT2D eigenvalue weighted by Gasteiger charge is 2.77. The number of hydrogen-bond donors (Lipinski definition) is 1. The van der Waals surface area contributed by atoms with Gasteiger partial charge < -0.3 is 14.6 Å². The number of nitro benzene ring substituents is 1. The molecule has 9 nitrogen and oxygen atoms in total. The summed E-state index contributed by atoms with van der Waals surface area (Å²) in [6.07, 6.45) is -6.36. The molecule has 4 unspecified atom stereocenters. The van der Waals surface area contributed by atoms with Crippen molar-refractivity contribution in [1.82, 2.24) is 0 Å². The van der Waals surface area contributed by atoms with Gasteiger partial charge in [-0.05, 0) is 26.3 Å². The first-order valence-corrected chi connectivity index (χ1v) is 9.94. The number of aliphatic hydroxyl groups is 1. The summed E-state index contributed by atoms with van der Waals surface area (Å²) in [5.41, 5.74) is -6.08. The molecule has 0 saturated carbocycles. The van der Waals surface area contributed by atoms with Crippen LogP contribution in [-0.4, -0.2) is 58.7 Å². The Balaban J connectivity index is 2.94. The lowest BCUT2D eigenvalue weighted by molar-refractivity contribution is -0.385. The molecule has 1 aliphatic heterocycles. The number of rotatable bonds is 7. The van der Waals surface area contributed by atoms with Crippen LogP contribution in [0.2, 0.25) is 0 Å². The van der Waals surface area contributed by atoms with E-state index in [1.165, 1.54) is 13.8 Å². The number of carbonyl (C=O) groups excluding carboxylic acids is 2. The van der Waals surface area contributed by atoms with Crippen molar-refractivity contribution in [3.8, 4) is 0 Å². The van der Waals surface area contributed by atoms with Gasteiger partial charge in [-0.25, -0.2) is 0 Å². The molecular weight excluding hydrogens is 475 g/mol. The molecule has 1 N–H and O–H groups in total. The highest BCUT2D eigenvalue weighted by molar-refractivity contribution is 6.04. The summed E-state index contributed by atoms with van der Waals surface area (Å²) >= 11 is 0. The minimum atomic E-state index is -6.36. The maximum atomic E-state index is 14.7. The fourth-order valence-corrected chi connectivity index (χ4v) is 3.91. The van der Waals surface area contributed by atoms with Crippen LogP contribution in [0.4, 0.5) is 27.6 Å². The highest BCUT2D eigenvalue weighted by atomic mass is 19.4. The van der Waals surface area contributed by atoms with Crippen molar-refractivity contribution < 1.29 is 51.0 Å². The van der Waals surface area contributed by atoms with E-state index in [1.807, 2.05) is 0 Å². The summed E-state index contributed by atoms with van der Waals surface area (Å²) in [5, 5.41) is 22.0. The number of nitro groups is 1. The number of benzene rings is 1. The van der Waals surface area contributed by atoms with Gasteiger partial charge in [0.25, 0.3) is 5.69 Å². The standard InChI is InChI=1S/C20H21F5N2O7/c1-4-33-16(28)13-10(3)26-18(30,19(21,22)20(23,24)25)15(17(29)34-5-2)14(13)11-7-6-8-12(9-11)27(31)32/h6-9,13-15,30H,4-5H2,1-3H3. The van der Waals surface area contributed by atoms with Crippen LogP contribution in [0.5, 0.6) is 0 Å². The normalized spacial score (nSPS) is 25.3. The second-order valence-corrected chi connectivity index (χ2v) is 7.39. The zero-order chi connectivity index (χ0) is 26.1. The van der Waals surface area contributed by atoms with E-state index < -0.39 is 70.4 Å². The predicted octanol–water partition coefficient (Wildman–Crippen LogP) is 3.40. The largest absolute Gasteiger partial charge is 0.466 e. The molecule has 14 heteroatoms. The van der Waals surface area contributed by atoms with Gasteiger partial charge in [0.1, 0.15) is 11.8 Å². The lowest BCUT2D eigenvalue weighted by Gasteiger charge is -2.46. The van der Waals surface area contributed by atoms with Gasteiger partial charge in [-0.1, -0.05) is 12.1 Å². The van der Waals surface area contributed by atoms with Gasteiger partial charge in [0, 0.05) is 23.8 Å². The molecule has 188 valence electrons. The number of nitrogens with zero attached hydrogens (tertiary/aromatic N) is 2. The topological polar surface area (TPSA) is 128 Å². The van der Waals surface area contributed by atoms with E-state index in [4.69, 9.17) is 4.74 Å². The van der Waals surface area contributed by atoms with E-state index in [-0.39, 0.29) is 12.2 Å². The summed E-state index contributed by atoms with van der Waals surface area (Å²) in [7, 11) is 0. The Morgan fingerprint density at radius 1 is 1.15 bits per heavy atom. The number of halogens is 5. The zero-order valence-corrected chi connectivity index (χ0v) is 18.1. The monoisotopic (exact) mass is 496 g/mol. The highest BCUT2D eigenvalue weighted by Crippen LogP contribution is 2.55. The number of aliphatic imine (C=N–C) groups is 1. The van der Waals surface area contributed by atoms with Gasteiger partial charge in [0.15, 0.2) is 0 Å². The fourth-order valence-electron chi connectivity index (χ4n) is 3.91.